The van der Waals surface area contributed by atoms with E-state index in [-0.39, 0.29) is 11.4 Å². The molecule has 2 rings (SSSR count). The van der Waals surface area contributed by atoms with Gasteiger partial charge in [0.15, 0.2) is 0 Å². The van der Waals surface area contributed by atoms with E-state index in [2.05, 4.69) is 26.8 Å². The average molecular weight is 236 g/mol. The van der Waals surface area contributed by atoms with Crippen molar-refractivity contribution in [1.82, 2.24) is 0 Å². The summed E-state index contributed by atoms with van der Waals surface area (Å²) >= 11 is 0. The number of esters is 1. The third-order valence-corrected chi connectivity index (χ3v) is 5.09. The monoisotopic (exact) mass is 236 g/mol. The summed E-state index contributed by atoms with van der Waals surface area (Å²) in [6.07, 6.45) is 7.87. The molecule has 2 aliphatic rings. The van der Waals surface area contributed by atoms with Crippen molar-refractivity contribution in [3.05, 3.63) is 11.6 Å². The van der Waals surface area contributed by atoms with Gasteiger partial charge in [0.25, 0.3) is 0 Å². The van der Waals surface area contributed by atoms with E-state index in [1.807, 2.05) is 0 Å². The van der Waals surface area contributed by atoms with Crippen LogP contribution in [0.2, 0.25) is 0 Å². The van der Waals surface area contributed by atoms with Crippen LogP contribution in [0.25, 0.3) is 0 Å². The van der Waals surface area contributed by atoms with Crippen molar-refractivity contribution in [2.24, 2.45) is 16.7 Å². The summed E-state index contributed by atoms with van der Waals surface area (Å²) < 4.78 is 5.05. The third-order valence-electron chi connectivity index (χ3n) is 5.09. The number of hydrogen-bond acceptors (Lipinski definition) is 2. The summed E-state index contributed by atoms with van der Waals surface area (Å²) in [5.74, 6) is 0.432. The van der Waals surface area contributed by atoms with Crippen LogP contribution < -0.4 is 0 Å². The molecule has 0 aliphatic heterocycles. The molecule has 2 heteroatoms. The predicted octanol–water partition coefficient (Wildman–Crippen LogP) is 3.71. The standard InChI is InChI=1S/C15H24O2/c1-11-6-7-12-14(2,10-11)8-5-9-15(12,3)13(16)17-4/h6,12H,5,7-10H2,1-4H3/t12?,14-,15+/m1/s1. The van der Waals surface area contributed by atoms with Gasteiger partial charge in [0.1, 0.15) is 0 Å². The summed E-state index contributed by atoms with van der Waals surface area (Å²) in [6, 6.07) is 0. The number of ether oxygens (including phenoxy) is 1. The maximum Gasteiger partial charge on any atom is 0.311 e. The highest BCUT2D eigenvalue weighted by Crippen LogP contribution is 2.57. The molecule has 0 radical (unpaired) electrons. The van der Waals surface area contributed by atoms with E-state index >= 15 is 0 Å². The Bertz CT molecular complexity index is 358. The van der Waals surface area contributed by atoms with E-state index < -0.39 is 0 Å². The second kappa shape index (κ2) is 4.15. The minimum absolute atomic E-state index is 0.0126. The van der Waals surface area contributed by atoms with Gasteiger partial charge in [0.05, 0.1) is 12.5 Å². The van der Waals surface area contributed by atoms with Crippen LogP contribution in [-0.4, -0.2) is 13.1 Å². The van der Waals surface area contributed by atoms with Gasteiger partial charge in [-0.15, -0.1) is 0 Å². The Morgan fingerprint density at radius 1 is 1.41 bits per heavy atom. The highest BCUT2D eigenvalue weighted by atomic mass is 16.5. The molecule has 96 valence electrons. The third kappa shape index (κ3) is 1.92. The first kappa shape index (κ1) is 12.7. The molecule has 2 nitrogen and oxygen atoms in total. The first-order valence-electron chi connectivity index (χ1n) is 6.66. The van der Waals surface area contributed by atoms with Crippen molar-refractivity contribution >= 4 is 5.97 Å². The molecule has 0 N–H and O–H groups in total. The van der Waals surface area contributed by atoms with Crippen molar-refractivity contribution in [3.63, 3.8) is 0 Å². The van der Waals surface area contributed by atoms with Gasteiger partial charge in [-0.05, 0) is 50.9 Å². The average Bonchev–Trinajstić information content (AvgIpc) is 2.26. The van der Waals surface area contributed by atoms with Crippen LogP contribution in [-0.2, 0) is 9.53 Å². The lowest BCUT2D eigenvalue weighted by molar-refractivity contribution is -0.163. The molecule has 3 atom stereocenters. The smallest absolute Gasteiger partial charge is 0.311 e. The van der Waals surface area contributed by atoms with Gasteiger partial charge in [-0.25, -0.2) is 0 Å². The van der Waals surface area contributed by atoms with Crippen LogP contribution >= 0.6 is 0 Å². The number of allylic oxidation sites excluding steroid dienone is 2. The predicted molar refractivity (Wildman–Crippen MR) is 68.6 cm³/mol. The first-order valence-corrected chi connectivity index (χ1v) is 6.66. The minimum atomic E-state index is -0.279. The Labute approximate surface area is 104 Å². The molecule has 0 heterocycles. The summed E-state index contributed by atoms with van der Waals surface area (Å²) in [5, 5.41) is 0. The summed E-state index contributed by atoms with van der Waals surface area (Å²) in [6.45, 7) is 6.68. The number of fused-ring (bicyclic) bond motifs is 1. The first-order chi connectivity index (χ1) is 7.92. The van der Waals surface area contributed by atoms with Gasteiger partial charge >= 0.3 is 5.97 Å². The number of hydrogen-bond donors (Lipinski definition) is 0. The molecule has 0 bridgehead atoms. The van der Waals surface area contributed by atoms with Crippen LogP contribution in [0.1, 0.15) is 52.9 Å². The zero-order valence-electron chi connectivity index (χ0n) is 11.5. The fourth-order valence-corrected chi connectivity index (χ4v) is 4.24. The van der Waals surface area contributed by atoms with E-state index in [1.54, 1.807) is 0 Å². The van der Waals surface area contributed by atoms with Gasteiger partial charge in [-0.1, -0.05) is 25.0 Å². The maximum absolute atomic E-state index is 12.1. The minimum Gasteiger partial charge on any atom is -0.469 e. The van der Waals surface area contributed by atoms with Gasteiger partial charge in [-0.2, -0.15) is 0 Å². The van der Waals surface area contributed by atoms with Crippen molar-refractivity contribution in [1.29, 1.82) is 0 Å². The van der Waals surface area contributed by atoms with Gasteiger partial charge < -0.3 is 4.74 Å². The Balaban J connectivity index is 2.35. The Morgan fingerprint density at radius 2 is 2.12 bits per heavy atom. The second-order valence-corrected chi connectivity index (χ2v) is 6.43. The quantitative estimate of drug-likeness (QED) is 0.512. The zero-order valence-corrected chi connectivity index (χ0v) is 11.5. The van der Waals surface area contributed by atoms with E-state index in [0.29, 0.717) is 11.3 Å². The van der Waals surface area contributed by atoms with Gasteiger partial charge in [0, 0.05) is 0 Å². The van der Waals surface area contributed by atoms with E-state index in [9.17, 15) is 4.79 Å². The maximum atomic E-state index is 12.1. The lowest BCUT2D eigenvalue weighted by Crippen LogP contribution is -2.49. The molecule has 1 fully saturated rings. The molecular weight excluding hydrogens is 212 g/mol. The van der Waals surface area contributed by atoms with E-state index in [4.69, 9.17) is 4.74 Å². The normalized spacial score (nSPS) is 41.4. The van der Waals surface area contributed by atoms with Crippen LogP contribution in [0.5, 0.6) is 0 Å². The molecule has 1 saturated carbocycles. The number of rotatable bonds is 1. The molecule has 0 spiro atoms. The van der Waals surface area contributed by atoms with Crippen molar-refractivity contribution in [2.75, 3.05) is 7.11 Å². The molecule has 0 amide bonds. The summed E-state index contributed by atoms with van der Waals surface area (Å²) in [7, 11) is 1.52. The highest BCUT2D eigenvalue weighted by molar-refractivity contribution is 5.77. The van der Waals surface area contributed by atoms with E-state index in [0.717, 1.165) is 25.7 Å². The zero-order chi connectivity index (χ0) is 12.7. The molecule has 2 aliphatic carbocycles. The SMILES string of the molecule is COC(=O)[C@@]1(C)CCC[C@]2(C)CC(C)=CCC21. The second-order valence-electron chi connectivity index (χ2n) is 6.43. The number of methoxy groups -OCH3 is 1. The van der Waals surface area contributed by atoms with Crippen molar-refractivity contribution in [2.45, 2.75) is 52.9 Å². The number of carbonyl (C=O) groups is 1. The Hall–Kier alpha value is -0.790. The van der Waals surface area contributed by atoms with Crippen molar-refractivity contribution in [3.8, 4) is 0 Å². The van der Waals surface area contributed by atoms with E-state index in [1.165, 1.54) is 19.1 Å². The fraction of sp³-hybridized carbons (Fsp3) is 0.800. The van der Waals surface area contributed by atoms with Crippen LogP contribution in [0, 0.1) is 16.7 Å². The molecular formula is C15H24O2. The molecule has 0 saturated heterocycles. The molecule has 0 aromatic rings. The largest absolute Gasteiger partial charge is 0.469 e. The van der Waals surface area contributed by atoms with Crippen LogP contribution in [0.4, 0.5) is 0 Å². The van der Waals surface area contributed by atoms with Crippen LogP contribution in [0.3, 0.4) is 0 Å². The Morgan fingerprint density at radius 3 is 2.76 bits per heavy atom. The fourth-order valence-electron chi connectivity index (χ4n) is 4.24. The van der Waals surface area contributed by atoms with Crippen LogP contribution in [0.15, 0.2) is 11.6 Å². The topological polar surface area (TPSA) is 26.3 Å². The number of carbonyl (C=O) groups excluding carboxylic acids is 1. The molecule has 0 aromatic heterocycles. The van der Waals surface area contributed by atoms with Gasteiger partial charge in [0.2, 0.25) is 0 Å². The lowest BCUT2D eigenvalue weighted by Gasteiger charge is -2.52. The molecule has 1 unspecified atom stereocenters. The summed E-state index contributed by atoms with van der Waals surface area (Å²) in [4.78, 5) is 12.1. The Kier molecular flexibility index (Phi) is 3.09. The molecule has 17 heavy (non-hydrogen) atoms. The van der Waals surface area contributed by atoms with Gasteiger partial charge in [-0.3, -0.25) is 4.79 Å². The van der Waals surface area contributed by atoms with Crippen molar-refractivity contribution < 1.29 is 9.53 Å². The lowest BCUT2D eigenvalue weighted by atomic mass is 9.51. The highest BCUT2D eigenvalue weighted by Gasteiger charge is 2.53. The summed E-state index contributed by atoms with van der Waals surface area (Å²) in [5.41, 5.74) is 1.50. The molecule has 0 aromatic carbocycles.